The molecule has 24 heteroatoms. The van der Waals surface area contributed by atoms with E-state index in [4.69, 9.17) is 17.2 Å². The lowest BCUT2D eigenvalue weighted by Gasteiger charge is -2.38. The van der Waals surface area contributed by atoms with Crippen LogP contribution in [0.15, 0.2) is 30.3 Å². The molecule has 0 spiro atoms. The van der Waals surface area contributed by atoms with Gasteiger partial charge in [-0.15, -0.1) is 0 Å². The first-order chi connectivity index (χ1) is 32.6. The molecule has 380 valence electrons. The molecule has 0 unspecified atom stereocenters. The van der Waals surface area contributed by atoms with Crippen LogP contribution < -0.4 is 59.7 Å². The fraction of sp³-hybridized carbons (Fsp3) is 0.600. The van der Waals surface area contributed by atoms with Crippen molar-refractivity contribution in [3.63, 3.8) is 0 Å². The van der Waals surface area contributed by atoms with Crippen molar-refractivity contribution in [2.45, 2.75) is 141 Å². The Morgan fingerprint density at radius 2 is 1.39 bits per heavy atom. The maximum Gasteiger partial charge on any atom is 0.245 e. The molecule has 24 nitrogen and oxygen atoms in total. The van der Waals surface area contributed by atoms with E-state index in [0.29, 0.717) is 24.8 Å². The second kappa shape index (κ2) is 27.6. The molecule has 8 atom stereocenters. The van der Waals surface area contributed by atoms with Gasteiger partial charge in [0.2, 0.25) is 70.9 Å². The number of carbonyl (C=O) groups is 12. The van der Waals surface area contributed by atoms with Gasteiger partial charge >= 0.3 is 0 Å². The molecule has 1 aromatic carbocycles. The molecule has 0 bridgehead atoms. The zero-order chi connectivity index (χ0) is 51.4. The monoisotopic (exact) mass is 969 g/mol. The van der Waals surface area contributed by atoms with E-state index in [2.05, 4.69) is 42.5 Å². The van der Waals surface area contributed by atoms with Crippen molar-refractivity contribution in [2.75, 3.05) is 19.6 Å². The molecule has 0 aromatic heterocycles. The van der Waals surface area contributed by atoms with Crippen LogP contribution in [0.1, 0.15) is 97.5 Å². The molecule has 2 heterocycles. The van der Waals surface area contributed by atoms with Crippen LogP contribution in [0.25, 0.3) is 0 Å². The molecular weight excluding hydrogens is 901 g/mol. The third kappa shape index (κ3) is 18.8. The van der Waals surface area contributed by atoms with Gasteiger partial charge in [0, 0.05) is 25.8 Å². The van der Waals surface area contributed by atoms with Crippen LogP contribution in [0.2, 0.25) is 0 Å². The van der Waals surface area contributed by atoms with Crippen LogP contribution >= 0.6 is 0 Å². The van der Waals surface area contributed by atoms with Crippen molar-refractivity contribution >= 4 is 70.9 Å². The molecule has 14 N–H and O–H groups in total. The maximum atomic E-state index is 14.6. The number of benzene rings is 1. The van der Waals surface area contributed by atoms with E-state index >= 15 is 0 Å². The van der Waals surface area contributed by atoms with Gasteiger partial charge in [-0.2, -0.15) is 0 Å². The number of carbonyl (C=O) groups excluding carboxylic acids is 12. The number of hydrogen-bond acceptors (Lipinski definition) is 12. The van der Waals surface area contributed by atoms with Gasteiger partial charge in [-0.1, -0.05) is 64.4 Å². The normalized spacial score (nSPS) is 23.3. The summed E-state index contributed by atoms with van der Waals surface area (Å²) in [6.07, 6.45) is -1.11. The molecule has 0 saturated carbocycles. The molecule has 1 aromatic rings. The van der Waals surface area contributed by atoms with Gasteiger partial charge in [0.25, 0.3) is 0 Å². The van der Waals surface area contributed by atoms with Gasteiger partial charge in [-0.3, -0.25) is 57.5 Å². The van der Waals surface area contributed by atoms with E-state index < -0.39 is 164 Å². The third-order valence-electron chi connectivity index (χ3n) is 11.7. The number of hydrogen-bond donors (Lipinski definition) is 11. The highest BCUT2D eigenvalue weighted by Gasteiger charge is 2.40. The minimum absolute atomic E-state index is 0.00354. The molecule has 0 aliphatic carbocycles. The van der Waals surface area contributed by atoms with Crippen LogP contribution in [0.3, 0.4) is 0 Å². The minimum Gasteiger partial charge on any atom is -0.370 e. The van der Waals surface area contributed by atoms with Crippen molar-refractivity contribution < 1.29 is 57.5 Å². The van der Waals surface area contributed by atoms with Crippen molar-refractivity contribution in [3.05, 3.63) is 35.9 Å². The number of nitrogens with two attached hydrogens (primary N) is 3. The quantitative estimate of drug-likeness (QED) is 0.0718. The second-order valence-corrected chi connectivity index (χ2v) is 17.8. The summed E-state index contributed by atoms with van der Waals surface area (Å²) in [6.45, 7) is 5.89. The van der Waals surface area contributed by atoms with Gasteiger partial charge < -0.3 is 64.6 Å². The fourth-order valence-corrected chi connectivity index (χ4v) is 7.77. The first-order valence-electron chi connectivity index (χ1n) is 23.1. The smallest absolute Gasteiger partial charge is 0.245 e. The zero-order valence-corrected chi connectivity index (χ0v) is 39.6. The molecule has 0 radical (unpaired) electrons. The maximum absolute atomic E-state index is 14.6. The van der Waals surface area contributed by atoms with Gasteiger partial charge in [0.1, 0.15) is 42.3 Å². The molecule has 12 amide bonds. The summed E-state index contributed by atoms with van der Waals surface area (Å²) in [5, 5.41) is 20.1. The van der Waals surface area contributed by atoms with E-state index in [-0.39, 0.29) is 31.7 Å². The first-order valence-corrected chi connectivity index (χ1v) is 23.1. The summed E-state index contributed by atoms with van der Waals surface area (Å²) in [6, 6.07) is -1.27. The molecule has 3 rings (SSSR count). The number of nitrogens with one attached hydrogen (secondary N) is 8. The Labute approximate surface area is 400 Å². The molecule has 69 heavy (non-hydrogen) atoms. The van der Waals surface area contributed by atoms with Gasteiger partial charge in [-0.25, -0.2) is 0 Å². The summed E-state index contributed by atoms with van der Waals surface area (Å²) < 4.78 is 0. The summed E-state index contributed by atoms with van der Waals surface area (Å²) in [4.78, 5) is 161. The predicted molar refractivity (Wildman–Crippen MR) is 247 cm³/mol. The Hall–Kier alpha value is -7.14. The summed E-state index contributed by atoms with van der Waals surface area (Å²) in [7, 11) is 0. The van der Waals surface area contributed by atoms with Crippen molar-refractivity contribution in [3.8, 4) is 0 Å². The first kappa shape index (κ1) is 56.2. The van der Waals surface area contributed by atoms with Gasteiger partial charge in [0.05, 0.1) is 19.5 Å². The molecular formula is C45H68N12O12. The van der Waals surface area contributed by atoms with E-state index in [9.17, 15) is 57.5 Å². The van der Waals surface area contributed by atoms with Crippen LogP contribution in [0, 0.1) is 11.8 Å². The summed E-state index contributed by atoms with van der Waals surface area (Å²) in [5.74, 6) is -11.1. The zero-order valence-electron chi connectivity index (χ0n) is 39.6. The Morgan fingerprint density at radius 1 is 0.739 bits per heavy atom. The van der Waals surface area contributed by atoms with Crippen LogP contribution in [-0.2, 0) is 64.0 Å². The highest BCUT2D eigenvalue weighted by atomic mass is 16.2. The van der Waals surface area contributed by atoms with Crippen molar-refractivity contribution in [1.82, 2.24) is 47.4 Å². The second-order valence-electron chi connectivity index (χ2n) is 17.8. The number of amides is 12. The standard InChI is InChI=1S/C45H68N12O12/c1-5-25(4)38-44(68)52-27(14-16-33(46)58)40(64)54-31(21-34(47)59)41(65)53-28(15-17-36(61)49-23-37(62)51-30(42(66)56-38)20-26-11-7-6-8-12-26)45(69)57-18-10-9-13-32(57)43(67)55-29(19-24(2)3)39(63)50-22-35(48)60/h6-8,11-12,24-25,27-32,38H,5,9-10,13-23H2,1-4H3,(H2,46,58)(H2,47,59)(H2,48,60)(H,49,61)(H,50,63)(H,51,62)(H,52,68)(H,53,65)(H,54,64)(H,55,67)(H,56,66)/t25-,27-,28-,29-,30-,31-,32-,38-/m0/s1. The Balaban J connectivity index is 2.07. The number of rotatable bonds is 17. The lowest BCUT2D eigenvalue weighted by Crippen LogP contribution is -2.62. The number of likely N-dealkylation sites (tertiary alicyclic amines) is 1. The molecule has 2 aliphatic rings. The topological polar surface area (TPSA) is 382 Å². The number of piperidine rings is 1. The Morgan fingerprint density at radius 3 is 2.01 bits per heavy atom. The van der Waals surface area contributed by atoms with E-state index in [1.807, 2.05) is 0 Å². The van der Waals surface area contributed by atoms with Crippen molar-refractivity contribution in [2.24, 2.45) is 29.0 Å². The third-order valence-corrected chi connectivity index (χ3v) is 11.7. The van der Waals surface area contributed by atoms with Crippen molar-refractivity contribution in [1.29, 1.82) is 0 Å². The fourth-order valence-electron chi connectivity index (χ4n) is 7.77. The molecule has 2 fully saturated rings. The Kier molecular flexibility index (Phi) is 22.5. The van der Waals surface area contributed by atoms with E-state index in [0.717, 1.165) is 0 Å². The Bertz CT molecular complexity index is 2050. The summed E-state index contributed by atoms with van der Waals surface area (Å²) in [5.41, 5.74) is 16.7. The minimum atomic E-state index is -1.80. The van der Waals surface area contributed by atoms with Gasteiger partial charge in [0.15, 0.2) is 0 Å². The van der Waals surface area contributed by atoms with Gasteiger partial charge in [-0.05, 0) is 55.9 Å². The van der Waals surface area contributed by atoms with Crippen LogP contribution in [-0.4, -0.2) is 138 Å². The summed E-state index contributed by atoms with van der Waals surface area (Å²) >= 11 is 0. The molecule has 2 aliphatic heterocycles. The van der Waals surface area contributed by atoms with Crippen LogP contribution in [0.5, 0.6) is 0 Å². The number of primary amides is 3. The predicted octanol–water partition coefficient (Wildman–Crippen LogP) is -3.74. The highest BCUT2D eigenvalue weighted by Crippen LogP contribution is 2.21. The SMILES string of the molecule is CC[C@H](C)[C@@H]1NC(=O)[C@H](Cc2ccccc2)NC(=O)CNC(=O)CC[C@@H](C(=O)N2CCCC[C@H]2C(=O)N[C@@H](CC(C)C)C(=O)NCC(N)=O)NC(=O)[C@H](CC(N)=O)NC(=O)[C@H](CCC(N)=O)NC1=O. The van der Waals surface area contributed by atoms with E-state index in [1.54, 1.807) is 58.0 Å². The lowest BCUT2D eigenvalue weighted by molar-refractivity contribution is -0.146. The van der Waals surface area contributed by atoms with E-state index in [1.165, 1.54) is 4.90 Å². The largest absolute Gasteiger partial charge is 0.370 e. The van der Waals surface area contributed by atoms with Crippen LogP contribution in [0.4, 0.5) is 0 Å². The number of nitrogens with zero attached hydrogens (tertiary/aromatic N) is 1. The molecule has 2 saturated heterocycles. The average molecular weight is 969 g/mol. The highest BCUT2D eigenvalue weighted by molar-refractivity contribution is 5.99. The average Bonchev–Trinajstić information content (AvgIpc) is 3.30. The lowest BCUT2D eigenvalue weighted by atomic mass is 9.96.